The zero-order valence-electron chi connectivity index (χ0n) is 5.05. The summed E-state index contributed by atoms with van der Waals surface area (Å²) in [6.07, 6.45) is 0.552. The molecule has 0 unspecified atom stereocenters. The number of hydrogen-bond acceptors (Lipinski definition) is 3. The molecule has 0 aliphatic rings. The quantitative estimate of drug-likeness (QED) is 0.493. The Hall–Kier alpha value is -0.410. The van der Waals surface area contributed by atoms with Gasteiger partial charge >= 0.3 is 0 Å². The van der Waals surface area contributed by atoms with E-state index in [9.17, 15) is 4.79 Å². The fourth-order valence-electron chi connectivity index (χ4n) is 0.413. The van der Waals surface area contributed by atoms with E-state index in [1.54, 1.807) is 0 Å². The van der Waals surface area contributed by atoms with Gasteiger partial charge in [0.2, 0.25) is 0 Å². The molecule has 0 rings (SSSR count). The molecule has 0 radical (unpaired) electrons. The number of rotatable bonds is 3. The minimum Gasteiger partial charge on any atom is -0.310 e. The van der Waals surface area contributed by atoms with Crippen LogP contribution in [0.25, 0.3) is 0 Å². The highest BCUT2D eigenvalue weighted by molar-refractivity contribution is 5.82. The largest absolute Gasteiger partial charge is 0.310 e. The van der Waals surface area contributed by atoms with Crippen molar-refractivity contribution in [1.82, 2.24) is 0 Å². The summed E-state index contributed by atoms with van der Waals surface area (Å²) in [5, 5.41) is 0. The van der Waals surface area contributed by atoms with Crippen molar-refractivity contribution in [3.63, 3.8) is 0 Å². The summed E-state index contributed by atoms with van der Waals surface area (Å²) in [4.78, 5) is 10.5. The van der Waals surface area contributed by atoms with Gasteiger partial charge in [-0.1, -0.05) is 6.92 Å². The van der Waals surface area contributed by atoms with E-state index in [4.69, 9.17) is 11.5 Å². The van der Waals surface area contributed by atoms with Crippen LogP contribution in [0.15, 0.2) is 0 Å². The molecule has 3 heteroatoms. The first-order valence-corrected chi connectivity index (χ1v) is 2.72. The van der Waals surface area contributed by atoms with Crippen LogP contribution in [0.2, 0.25) is 0 Å². The van der Waals surface area contributed by atoms with Crippen LogP contribution in [0, 0.1) is 0 Å². The molecule has 8 heavy (non-hydrogen) atoms. The van der Waals surface area contributed by atoms with Gasteiger partial charge < -0.3 is 11.5 Å². The minimum absolute atomic E-state index is 0.0625. The van der Waals surface area contributed by atoms with Gasteiger partial charge in [0, 0.05) is 6.42 Å². The van der Waals surface area contributed by atoms with Gasteiger partial charge in [0.25, 0.3) is 0 Å². The second-order valence-corrected chi connectivity index (χ2v) is 1.74. The summed E-state index contributed by atoms with van der Waals surface area (Å²) in [5.74, 6) is -0.0625. The Morgan fingerprint density at radius 1 is 1.62 bits per heavy atom. The molecule has 0 bridgehead atoms. The van der Waals surface area contributed by atoms with E-state index < -0.39 is 6.17 Å². The second-order valence-electron chi connectivity index (χ2n) is 1.74. The molecule has 0 saturated heterocycles. The zero-order chi connectivity index (χ0) is 6.57. The van der Waals surface area contributed by atoms with Gasteiger partial charge in [0.05, 0.1) is 0 Å². The van der Waals surface area contributed by atoms with E-state index in [0.29, 0.717) is 6.42 Å². The molecule has 0 saturated carbocycles. The first kappa shape index (κ1) is 7.59. The van der Waals surface area contributed by atoms with E-state index >= 15 is 0 Å². The van der Waals surface area contributed by atoms with Crippen LogP contribution in [0.3, 0.4) is 0 Å². The monoisotopic (exact) mass is 116 g/mol. The van der Waals surface area contributed by atoms with Crippen molar-refractivity contribution < 1.29 is 4.79 Å². The summed E-state index contributed by atoms with van der Waals surface area (Å²) < 4.78 is 0. The third-order valence-corrected chi connectivity index (χ3v) is 0.868. The highest BCUT2D eigenvalue weighted by atomic mass is 16.1. The number of nitrogens with two attached hydrogens (primary N) is 2. The molecule has 3 nitrogen and oxygen atoms in total. The number of Topliss-reactive ketones (excluding diaryl/α,β-unsaturated/α-hetero) is 1. The molecule has 0 aromatic carbocycles. The summed E-state index contributed by atoms with van der Waals surface area (Å²) in [6.45, 7) is 1.92. The van der Waals surface area contributed by atoms with Crippen LogP contribution in [0.4, 0.5) is 0 Å². The lowest BCUT2D eigenvalue weighted by Gasteiger charge is -1.99. The molecule has 0 atom stereocenters. The third-order valence-electron chi connectivity index (χ3n) is 0.868. The van der Waals surface area contributed by atoms with Gasteiger partial charge in [0.1, 0.15) is 6.17 Å². The fourth-order valence-corrected chi connectivity index (χ4v) is 0.413. The molecule has 4 N–H and O–H groups in total. The number of carbonyl (C=O) groups is 1. The van der Waals surface area contributed by atoms with Crippen LogP contribution in [-0.4, -0.2) is 11.9 Å². The highest BCUT2D eigenvalue weighted by Gasteiger charge is 2.04. The van der Waals surface area contributed by atoms with E-state index in [-0.39, 0.29) is 5.78 Å². The lowest BCUT2D eigenvalue weighted by molar-refractivity contribution is -0.120. The molecular formula is C5H12N2O. The van der Waals surface area contributed by atoms with E-state index in [0.717, 1.165) is 6.42 Å². The highest BCUT2D eigenvalue weighted by Crippen LogP contribution is 1.87. The molecule has 0 aliphatic heterocycles. The number of ketones is 1. The van der Waals surface area contributed by atoms with Crippen molar-refractivity contribution >= 4 is 5.78 Å². The van der Waals surface area contributed by atoms with Crippen LogP contribution in [0.5, 0.6) is 0 Å². The molecule has 48 valence electrons. The van der Waals surface area contributed by atoms with Gasteiger partial charge in [-0.05, 0) is 6.42 Å². The van der Waals surface area contributed by atoms with Gasteiger partial charge in [0.15, 0.2) is 5.78 Å². The normalized spacial score (nSPS) is 10.0. The Kier molecular flexibility index (Phi) is 3.39. The molecule has 0 aromatic rings. The molecule has 0 spiro atoms. The predicted octanol–water partition coefficient (Wildman–Crippen LogP) is -0.401. The molecule has 0 aliphatic carbocycles. The maximum Gasteiger partial charge on any atom is 0.163 e. The Morgan fingerprint density at radius 3 is 2.25 bits per heavy atom. The maximum atomic E-state index is 10.5. The smallest absolute Gasteiger partial charge is 0.163 e. The fraction of sp³-hybridized carbons (Fsp3) is 0.800. The summed E-state index contributed by atoms with van der Waals surface area (Å²) >= 11 is 0. The SMILES string of the molecule is CCCC(=O)C(N)N. The van der Waals surface area contributed by atoms with Crippen LogP contribution in [-0.2, 0) is 4.79 Å². The Balaban J connectivity index is 3.33. The molecule has 0 fully saturated rings. The summed E-state index contributed by atoms with van der Waals surface area (Å²) in [7, 11) is 0. The molecular weight excluding hydrogens is 104 g/mol. The lowest BCUT2D eigenvalue weighted by atomic mass is 10.2. The van der Waals surface area contributed by atoms with E-state index in [2.05, 4.69) is 0 Å². The zero-order valence-corrected chi connectivity index (χ0v) is 5.05. The first-order chi connectivity index (χ1) is 3.68. The first-order valence-electron chi connectivity index (χ1n) is 2.72. The van der Waals surface area contributed by atoms with Crippen molar-refractivity contribution in [3.05, 3.63) is 0 Å². The van der Waals surface area contributed by atoms with Crippen molar-refractivity contribution in [1.29, 1.82) is 0 Å². The van der Waals surface area contributed by atoms with Crippen LogP contribution >= 0.6 is 0 Å². The third kappa shape index (κ3) is 2.71. The van der Waals surface area contributed by atoms with E-state index in [1.165, 1.54) is 0 Å². The predicted molar refractivity (Wildman–Crippen MR) is 32.1 cm³/mol. The second kappa shape index (κ2) is 3.57. The van der Waals surface area contributed by atoms with Gasteiger partial charge in [-0.15, -0.1) is 0 Å². The van der Waals surface area contributed by atoms with Gasteiger partial charge in [-0.3, -0.25) is 4.79 Å². The molecule has 0 aromatic heterocycles. The minimum atomic E-state index is -0.769. The van der Waals surface area contributed by atoms with Crippen molar-refractivity contribution in [2.45, 2.75) is 25.9 Å². The van der Waals surface area contributed by atoms with Crippen molar-refractivity contribution in [2.24, 2.45) is 11.5 Å². The van der Waals surface area contributed by atoms with Gasteiger partial charge in [-0.25, -0.2) is 0 Å². The van der Waals surface area contributed by atoms with Crippen LogP contribution < -0.4 is 11.5 Å². The average molecular weight is 116 g/mol. The summed E-state index contributed by atoms with van der Waals surface area (Å²) in [6, 6.07) is 0. The Morgan fingerprint density at radius 2 is 2.12 bits per heavy atom. The van der Waals surface area contributed by atoms with Gasteiger partial charge in [-0.2, -0.15) is 0 Å². The van der Waals surface area contributed by atoms with Crippen LogP contribution in [0.1, 0.15) is 19.8 Å². The average Bonchev–Trinajstić information content (AvgIpc) is 1.67. The topological polar surface area (TPSA) is 69.1 Å². The maximum absolute atomic E-state index is 10.5. The molecule has 0 heterocycles. The molecule has 0 amide bonds. The van der Waals surface area contributed by atoms with Crippen molar-refractivity contribution in [3.8, 4) is 0 Å². The Bertz CT molecular complexity index is 80.5. The number of carbonyl (C=O) groups excluding carboxylic acids is 1. The van der Waals surface area contributed by atoms with Crippen molar-refractivity contribution in [2.75, 3.05) is 0 Å². The lowest BCUT2D eigenvalue weighted by Crippen LogP contribution is -2.38. The number of hydrogen-bond donors (Lipinski definition) is 2. The van der Waals surface area contributed by atoms with E-state index in [1.807, 2.05) is 6.92 Å². The summed E-state index contributed by atoms with van der Waals surface area (Å²) in [5.41, 5.74) is 10.1. The standard InChI is InChI=1S/C5H12N2O/c1-2-3-4(8)5(6)7/h5H,2-3,6-7H2,1H3. The Labute approximate surface area is 49.0 Å².